The highest BCUT2D eigenvalue weighted by Crippen LogP contribution is 2.38. The predicted octanol–water partition coefficient (Wildman–Crippen LogP) is 3.74. The van der Waals surface area contributed by atoms with Crippen LogP contribution in [0.3, 0.4) is 0 Å². The van der Waals surface area contributed by atoms with Crippen molar-refractivity contribution in [2.75, 3.05) is 13.8 Å². The molecule has 0 amide bonds. The number of alkyl halides is 2. The second kappa shape index (κ2) is 11.7. The highest BCUT2D eigenvalue weighted by molar-refractivity contribution is 14.0. The lowest BCUT2D eigenvalue weighted by atomic mass is 10.1. The van der Waals surface area contributed by atoms with Gasteiger partial charge in [-0.15, -0.1) is 24.0 Å². The Morgan fingerprint density at radius 1 is 1.12 bits per heavy atom. The minimum Gasteiger partial charge on any atom is -0.454 e. The van der Waals surface area contributed by atoms with Crippen LogP contribution in [0.5, 0.6) is 17.2 Å². The molecule has 33 heavy (non-hydrogen) atoms. The van der Waals surface area contributed by atoms with Crippen LogP contribution in [0, 0.1) is 0 Å². The molecule has 0 atom stereocenters. The van der Waals surface area contributed by atoms with Crippen molar-refractivity contribution < 1.29 is 23.0 Å². The van der Waals surface area contributed by atoms with E-state index in [-0.39, 0.29) is 43.1 Å². The number of ether oxygens (including phenoxy) is 3. The first-order valence-corrected chi connectivity index (χ1v) is 9.98. The Morgan fingerprint density at radius 3 is 2.58 bits per heavy atom. The Kier molecular flexibility index (Phi) is 8.69. The van der Waals surface area contributed by atoms with Gasteiger partial charge in [0.25, 0.3) is 0 Å². The molecule has 3 aromatic rings. The normalized spacial score (nSPS) is 12.4. The van der Waals surface area contributed by atoms with Gasteiger partial charge in [0.05, 0.1) is 12.7 Å². The van der Waals surface area contributed by atoms with E-state index in [0.717, 1.165) is 11.1 Å². The molecule has 2 heterocycles. The molecule has 11 heteroatoms. The number of nitrogens with zero attached hydrogens (tertiary/aromatic N) is 3. The van der Waals surface area contributed by atoms with Crippen LogP contribution in [0.25, 0.3) is 0 Å². The van der Waals surface area contributed by atoms with Gasteiger partial charge in [0.2, 0.25) is 6.79 Å². The van der Waals surface area contributed by atoms with Crippen LogP contribution >= 0.6 is 24.0 Å². The van der Waals surface area contributed by atoms with E-state index in [1.165, 1.54) is 6.07 Å². The van der Waals surface area contributed by atoms with Gasteiger partial charge >= 0.3 is 6.61 Å². The highest BCUT2D eigenvalue weighted by Gasteiger charge is 2.20. The van der Waals surface area contributed by atoms with Gasteiger partial charge in [0.15, 0.2) is 17.5 Å². The number of rotatable bonds is 8. The van der Waals surface area contributed by atoms with Gasteiger partial charge in [0.1, 0.15) is 5.75 Å². The lowest BCUT2D eigenvalue weighted by Gasteiger charge is -2.15. The van der Waals surface area contributed by atoms with E-state index in [1.807, 2.05) is 41.2 Å². The zero-order chi connectivity index (χ0) is 22.3. The van der Waals surface area contributed by atoms with Crippen molar-refractivity contribution >= 4 is 29.9 Å². The lowest BCUT2D eigenvalue weighted by molar-refractivity contribution is -0.0505. The van der Waals surface area contributed by atoms with E-state index in [0.29, 0.717) is 36.1 Å². The molecule has 1 aromatic heterocycles. The van der Waals surface area contributed by atoms with Crippen molar-refractivity contribution in [3.05, 3.63) is 71.5 Å². The van der Waals surface area contributed by atoms with Gasteiger partial charge < -0.3 is 24.8 Å². The zero-order valence-electron chi connectivity index (χ0n) is 17.8. The zero-order valence-corrected chi connectivity index (χ0v) is 20.2. The Bertz CT molecular complexity index is 1080. The summed E-state index contributed by atoms with van der Waals surface area (Å²) in [5.74, 6) is 1.38. The average Bonchev–Trinajstić information content (AvgIpc) is 3.43. The molecule has 0 unspecified atom stereocenters. The molecule has 2 N–H and O–H groups in total. The summed E-state index contributed by atoms with van der Waals surface area (Å²) in [6.07, 6.45) is 3.75. The van der Waals surface area contributed by atoms with E-state index in [4.69, 9.17) is 9.47 Å². The summed E-state index contributed by atoms with van der Waals surface area (Å²) in [5, 5.41) is 10.7. The molecule has 0 spiro atoms. The third-order valence-electron chi connectivity index (χ3n) is 4.78. The van der Waals surface area contributed by atoms with Crippen molar-refractivity contribution in [2.24, 2.45) is 4.99 Å². The quantitative estimate of drug-likeness (QED) is 0.244. The van der Waals surface area contributed by atoms with Crippen molar-refractivity contribution in [2.45, 2.75) is 26.2 Å². The molecule has 0 aliphatic carbocycles. The first-order chi connectivity index (χ1) is 15.6. The highest BCUT2D eigenvalue weighted by atomic mass is 127. The largest absolute Gasteiger partial charge is 0.454 e. The molecule has 2 aromatic carbocycles. The smallest absolute Gasteiger partial charge is 0.387 e. The average molecular weight is 571 g/mol. The molecule has 0 saturated heterocycles. The molecule has 1 aliphatic rings. The Labute approximate surface area is 207 Å². The standard InChI is InChI=1S/C22H23F2N5O3.HI/c1-25-22(26-9-16-10-28-29(13-16)12-15-5-3-2-4-6-15)27-11-17-7-19-20(31-14-30-19)8-18(17)32-21(23)24;/h2-8,10,13,21H,9,11-12,14H2,1H3,(H2,25,26,27);1H. The van der Waals surface area contributed by atoms with Gasteiger partial charge in [-0.3, -0.25) is 9.67 Å². The van der Waals surface area contributed by atoms with E-state index in [9.17, 15) is 8.78 Å². The van der Waals surface area contributed by atoms with Crippen molar-refractivity contribution in [3.8, 4) is 17.2 Å². The summed E-state index contributed by atoms with van der Waals surface area (Å²) in [4.78, 5) is 4.18. The minimum absolute atomic E-state index is 0. The summed E-state index contributed by atoms with van der Waals surface area (Å²) >= 11 is 0. The van der Waals surface area contributed by atoms with Crippen molar-refractivity contribution in [3.63, 3.8) is 0 Å². The summed E-state index contributed by atoms with van der Waals surface area (Å²) in [5.41, 5.74) is 2.64. The third-order valence-corrected chi connectivity index (χ3v) is 4.78. The van der Waals surface area contributed by atoms with Crippen LogP contribution in [0.15, 0.2) is 59.9 Å². The monoisotopic (exact) mass is 571 g/mol. The maximum Gasteiger partial charge on any atom is 0.387 e. The summed E-state index contributed by atoms with van der Waals surface area (Å²) in [7, 11) is 1.63. The SMILES string of the molecule is CN=C(NCc1cnn(Cc2ccccc2)c1)NCc1cc2c(cc1OC(F)F)OCO2.I. The lowest BCUT2D eigenvalue weighted by Crippen LogP contribution is -2.36. The van der Waals surface area contributed by atoms with Crippen LogP contribution in [-0.4, -0.2) is 36.2 Å². The maximum absolute atomic E-state index is 12.8. The number of benzene rings is 2. The Morgan fingerprint density at radius 2 is 1.85 bits per heavy atom. The second-order valence-electron chi connectivity index (χ2n) is 7.00. The fraction of sp³-hybridized carbons (Fsp3) is 0.273. The predicted molar refractivity (Wildman–Crippen MR) is 129 cm³/mol. The van der Waals surface area contributed by atoms with Gasteiger partial charge in [-0.2, -0.15) is 13.9 Å². The molecule has 0 saturated carbocycles. The molecule has 0 radical (unpaired) electrons. The molecule has 176 valence electrons. The maximum atomic E-state index is 12.8. The number of fused-ring (bicyclic) bond motifs is 1. The van der Waals surface area contributed by atoms with Crippen LogP contribution in [0.2, 0.25) is 0 Å². The number of hydrogen-bond acceptors (Lipinski definition) is 5. The van der Waals surface area contributed by atoms with Crippen LogP contribution < -0.4 is 24.8 Å². The molecule has 4 rings (SSSR count). The van der Waals surface area contributed by atoms with Crippen molar-refractivity contribution in [1.82, 2.24) is 20.4 Å². The molecule has 1 aliphatic heterocycles. The van der Waals surface area contributed by atoms with Gasteiger partial charge in [-0.1, -0.05) is 30.3 Å². The minimum atomic E-state index is -2.95. The first kappa shape index (κ1) is 24.6. The van der Waals surface area contributed by atoms with E-state index < -0.39 is 6.61 Å². The van der Waals surface area contributed by atoms with E-state index in [1.54, 1.807) is 19.3 Å². The van der Waals surface area contributed by atoms with Crippen LogP contribution in [0.1, 0.15) is 16.7 Å². The van der Waals surface area contributed by atoms with Crippen LogP contribution in [-0.2, 0) is 19.6 Å². The molecule has 0 bridgehead atoms. The number of guanidine groups is 1. The van der Waals surface area contributed by atoms with Gasteiger partial charge in [-0.05, 0) is 11.6 Å². The summed E-state index contributed by atoms with van der Waals surface area (Å²) < 4.78 is 42.7. The first-order valence-electron chi connectivity index (χ1n) is 9.98. The number of hydrogen-bond donors (Lipinski definition) is 2. The van der Waals surface area contributed by atoms with Crippen molar-refractivity contribution in [1.29, 1.82) is 0 Å². The van der Waals surface area contributed by atoms with E-state index >= 15 is 0 Å². The second-order valence-corrected chi connectivity index (χ2v) is 7.00. The van der Waals surface area contributed by atoms with Crippen LogP contribution in [0.4, 0.5) is 8.78 Å². The Hall–Kier alpha value is -3.09. The number of aliphatic imine (C=N–C) groups is 1. The summed E-state index contributed by atoms with van der Waals surface area (Å²) in [6.45, 7) is -1.52. The number of nitrogens with one attached hydrogen (secondary N) is 2. The fourth-order valence-electron chi connectivity index (χ4n) is 3.25. The Balaban J connectivity index is 0.00000306. The molecule has 0 fully saturated rings. The number of aromatic nitrogens is 2. The molecular weight excluding hydrogens is 547 g/mol. The van der Waals surface area contributed by atoms with Gasteiger partial charge in [-0.25, -0.2) is 0 Å². The van der Waals surface area contributed by atoms with Gasteiger partial charge in [0, 0.05) is 43.5 Å². The van der Waals surface area contributed by atoms with E-state index in [2.05, 4.69) is 25.5 Å². The fourth-order valence-corrected chi connectivity index (χ4v) is 3.25. The number of halogens is 3. The summed E-state index contributed by atoms with van der Waals surface area (Å²) in [6, 6.07) is 13.1. The molecular formula is C22H24F2IN5O3. The third kappa shape index (κ3) is 6.70. The topological polar surface area (TPSA) is 81.9 Å². The molecule has 8 nitrogen and oxygen atoms in total.